The molecule has 0 aliphatic carbocycles. The summed E-state index contributed by atoms with van der Waals surface area (Å²) in [6.07, 6.45) is -2.90. The summed E-state index contributed by atoms with van der Waals surface area (Å²) in [7, 11) is 1.70. The van der Waals surface area contributed by atoms with Crippen molar-refractivity contribution < 1.29 is 18.0 Å². The summed E-state index contributed by atoms with van der Waals surface area (Å²) in [6, 6.07) is 13.0. The van der Waals surface area contributed by atoms with Crippen LogP contribution >= 0.6 is 0 Å². The number of nitrogens with one attached hydrogen (secondary N) is 3. The SMILES string of the molecule is Cn1nc(-c2ccc(C(=O)NCC(F)(F)F)cc2)nc1Nc1ccc2c(=O)[nH]ccc2c1. The predicted molar refractivity (Wildman–Crippen MR) is 113 cm³/mol. The van der Waals surface area contributed by atoms with Crippen molar-refractivity contribution >= 4 is 28.3 Å². The lowest BCUT2D eigenvalue weighted by molar-refractivity contribution is -0.123. The molecular weight excluding hydrogens is 425 g/mol. The van der Waals surface area contributed by atoms with Gasteiger partial charge < -0.3 is 15.6 Å². The van der Waals surface area contributed by atoms with Crippen molar-refractivity contribution in [1.82, 2.24) is 25.1 Å². The predicted octanol–water partition coefficient (Wildman–Crippen LogP) is 3.36. The number of amides is 1. The van der Waals surface area contributed by atoms with Crippen molar-refractivity contribution in [1.29, 1.82) is 0 Å². The second-order valence-corrected chi connectivity index (χ2v) is 6.99. The average molecular weight is 442 g/mol. The van der Waals surface area contributed by atoms with Crippen molar-refractivity contribution in [2.45, 2.75) is 6.18 Å². The summed E-state index contributed by atoms with van der Waals surface area (Å²) in [4.78, 5) is 30.7. The van der Waals surface area contributed by atoms with E-state index in [2.05, 4.69) is 20.4 Å². The molecule has 164 valence electrons. The standard InChI is InChI=1S/C21H17F3N6O2/c1-30-20(27-15-6-7-16-14(10-15)8-9-25-19(16)32)28-17(29-30)12-2-4-13(5-3-12)18(31)26-11-21(22,23)24/h2-10H,11H2,1H3,(H,25,32)(H,26,31)(H,27,28,29). The Balaban J connectivity index is 1.51. The number of hydrogen-bond acceptors (Lipinski definition) is 5. The van der Waals surface area contributed by atoms with Crippen LogP contribution < -0.4 is 16.2 Å². The quantitative estimate of drug-likeness (QED) is 0.440. The van der Waals surface area contributed by atoms with Crippen LogP contribution in [0.3, 0.4) is 0 Å². The first-order chi connectivity index (χ1) is 15.2. The topological polar surface area (TPSA) is 105 Å². The number of benzene rings is 2. The van der Waals surface area contributed by atoms with E-state index in [0.29, 0.717) is 28.4 Å². The molecule has 8 nitrogen and oxygen atoms in total. The Morgan fingerprint density at radius 2 is 1.88 bits per heavy atom. The van der Waals surface area contributed by atoms with E-state index in [-0.39, 0.29) is 11.1 Å². The first-order valence-corrected chi connectivity index (χ1v) is 9.44. The molecule has 0 saturated heterocycles. The minimum absolute atomic E-state index is 0.0958. The molecule has 0 radical (unpaired) electrons. The van der Waals surface area contributed by atoms with Gasteiger partial charge in [0.1, 0.15) is 6.54 Å². The lowest BCUT2D eigenvalue weighted by Crippen LogP contribution is -2.33. The van der Waals surface area contributed by atoms with Crippen molar-refractivity contribution in [3.8, 4) is 11.4 Å². The molecule has 1 amide bonds. The summed E-state index contributed by atoms with van der Waals surface area (Å²) in [5, 5.41) is 10.6. The van der Waals surface area contributed by atoms with E-state index in [1.54, 1.807) is 43.6 Å². The Morgan fingerprint density at radius 1 is 1.12 bits per heavy atom. The molecule has 0 fully saturated rings. The molecule has 0 saturated carbocycles. The molecule has 2 aromatic carbocycles. The van der Waals surface area contributed by atoms with Gasteiger partial charge in [-0.3, -0.25) is 9.59 Å². The zero-order chi connectivity index (χ0) is 22.9. The van der Waals surface area contributed by atoms with Gasteiger partial charge in [-0.2, -0.15) is 18.2 Å². The third-order valence-corrected chi connectivity index (χ3v) is 4.65. The van der Waals surface area contributed by atoms with E-state index in [9.17, 15) is 22.8 Å². The van der Waals surface area contributed by atoms with Gasteiger partial charge in [-0.25, -0.2) is 4.68 Å². The van der Waals surface area contributed by atoms with Crippen LogP contribution in [0, 0.1) is 0 Å². The van der Waals surface area contributed by atoms with Gasteiger partial charge >= 0.3 is 6.18 Å². The Bertz CT molecular complexity index is 1340. The van der Waals surface area contributed by atoms with Crippen LogP contribution in [-0.2, 0) is 7.05 Å². The smallest absolute Gasteiger partial charge is 0.343 e. The van der Waals surface area contributed by atoms with Gasteiger partial charge in [-0.15, -0.1) is 5.10 Å². The highest BCUT2D eigenvalue weighted by Gasteiger charge is 2.27. The molecule has 32 heavy (non-hydrogen) atoms. The molecule has 4 rings (SSSR count). The molecule has 0 unspecified atom stereocenters. The number of nitrogens with zero attached hydrogens (tertiary/aromatic N) is 3. The van der Waals surface area contributed by atoms with E-state index in [4.69, 9.17) is 0 Å². The van der Waals surface area contributed by atoms with E-state index in [0.717, 1.165) is 5.39 Å². The lowest BCUT2D eigenvalue weighted by Gasteiger charge is -2.08. The van der Waals surface area contributed by atoms with Crippen LogP contribution in [0.15, 0.2) is 59.5 Å². The maximum atomic E-state index is 12.3. The van der Waals surface area contributed by atoms with E-state index in [1.807, 2.05) is 11.4 Å². The van der Waals surface area contributed by atoms with Crippen molar-refractivity contribution in [2.24, 2.45) is 7.05 Å². The van der Waals surface area contributed by atoms with Gasteiger partial charge in [-0.05, 0) is 41.8 Å². The zero-order valence-electron chi connectivity index (χ0n) is 16.7. The van der Waals surface area contributed by atoms with Crippen LogP contribution in [0.5, 0.6) is 0 Å². The number of hydrogen-bond donors (Lipinski definition) is 3. The molecular formula is C21H17F3N6O2. The average Bonchev–Trinajstić information content (AvgIpc) is 3.12. The maximum Gasteiger partial charge on any atom is 0.405 e. The fourth-order valence-corrected chi connectivity index (χ4v) is 3.07. The first kappa shape index (κ1) is 21.1. The minimum Gasteiger partial charge on any atom is -0.343 e. The molecule has 2 heterocycles. The van der Waals surface area contributed by atoms with Crippen molar-refractivity contribution in [3.05, 3.63) is 70.6 Å². The highest BCUT2D eigenvalue weighted by atomic mass is 19.4. The number of rotatable bonds is 5. The normalized spacial score (nSPS) is 11.5. The number of aromatic amines is 1. The Hall–Kier alpha value is -4.15. The van der Waals surface area contributed by atoms with Crippen LogP contribution in [0.2, 0.25) is 0 Å². The number of fused-ring (bicyclic) bond motifs is 1. The molecule has 0 aliphatic heterocycles. The number of H-pyrrole nitrogens is 1. The number of aryl methyl sites for hydroxylation is 1. The van der Waals surface area contributed by atoms with Crippen molar-refractivity contribution in [3.63, 3.8) is 0 Å². The molecule has 4 aromatic rings. The van der Waals surface area contributed by atoms with Crippen LogP contribution in [0.25, 0.3) is 22.2 Å². The Labute approximate surface area is 179 Å². The molecule has 0 spiro atoms. The molecule has 0 bridgehead atoms. The minimum atomic E-state index is -4.47. The third-order valence-electron chi connectivity index (χ3n) is 4.65. The van der Waals surface area contributed by atoms with Crippen LogP contribution in [-0.4, -0.2) is 38.4 Å². The van der Waals surface area contributed by atoms with Gasteiger partial charge in [0.05, 0.1) is 0 Å². The number of aromatic nitrogens is 4. The number of carbonyl (C=O) groups is 1. The number of pyridine rings is 1. The van der Waals surface area contributed by atoms with E-state index < -0.39 is 18.6 Å². The van der Waals surface area contributed by atoms with E-state index >= 15 is 0 Å². The van der Waals surface area contributed by atoms with Crippen LogP contribution in [0.4, 0.5) is 24.8 Å². The third kappa shape index (κ3) is 4.61. The number of carbonyl (C=O) groups excluding carboxylic acids is 1. The van der Waals surface area contributed by atoms with Gasteiger partial charge in [0.2, 0.25) is 5.95 Å². The monoisotopic (exact) mass is 442 g/mol. The van der Waals surface area contributed by atoms with E-state index in [1.165, 1.54) is 16.8 Å². The molecule has 2 aromatic heterocycles. The highest BCUT2D eigenvalue weighted by Crippen LogP contribution is 2.22. The van der Waals surface area contributed by atoms with Gasteiger partial charge in [0.15, 0.2) is 5.82 Å². The number of halogens is 3. The number of alkyl halides is 3. The summed E-state index contributed by atoms with van der Waals surface area (Å²) in [5.74, 6) is -0.00831. The molecule has 0 atom stereocenters. The summed E-state index contributed by atoms with van der Waals surface area (Å²) in [5.41, 5.74) is 1.22. The van der Waals surface area contributed by atoms with Gasteiger partial charge in [0, 0.05) is 35.4 Å². The Morgan fingerprint density at radius 3 is 2.59 bits per heavy atom. The molecule has 11 heteroatoms. The second-order valence-electron chi connectivity index (χ2n) is 6.99. The summed E-state index contributed by atoms with van der Waals surface area (Å²) in [6.45, 7) is -1.40. The Kier molecular flexibility index (Phi) is 5.39. The fraction of sp³-hybridized carbons (Fsp3) is 0.143. The summed E-state index contributed by atoms with van der Waals surface area (Å²) >= 11 is 0. The van der Waals surface area contributed by atoms with Crippen molar-refractivity contribution in [2.75, 3.05) is 11.9 Å². The first-order valence-electron chi connectivity index (χ1n) is 9.44. The van der Waals surface area contributed by atoms with Gasteiger partial charge in [0.25, 0.3) is 11.5 Å². The maximum absolute atomic E-state index is 12.3. The van der Waals surface area contributed by atoms with Gasteiger partial charge in [-0.1, -0.05) is 12.1 Å². The highest BCUT2D eigenvalue weighted by molar-refractivity contribution is 5.94. The van der Waals surface area contributed by atoms with Crippen LogP contribution in [0.1, 0.15) is 10.4 Å². The summed E-state index contributed by atoms with van der Waals surface area (Å²) < 4.78 is 38.3. The largest absolute Gasteiger partial charge is 0.405 e. The number of anilines is 2. The molecule has 0 aliphatic rings. The zero-order valence-corrected chi connectivity index (χ0v) is 16.7. The second kappa shape index (κ2) is 8.17. The fourth-order valence-electron chi connectivity index (χ4n) is 3.07. The molecule has 3 N–H and O–H groups in total. The lowest BCUT2D eigenvalue weighted by atomic mass is 10.1.